The molecule has 35 nitrogen and oxygen atoms in total. The second kappa shape index (κ2) is 38.9. The Morgan fingerprint density at radius 3 is 0.906 bits per heavy atom. The highest BCUT2D eigenvalue weighted by Crippen LogP contribution is 2.67. The Morgan fingerprint density at radius 2 is 0.638 bits per heavy atom. The second-order valence-corrected chi connectivity index (χ2v) is 49.8. The van der Waals surface area contributed by atoms with Gasteiger partial charge in [0, 0.05) is 24.7 Å². The summed E-state index contributed by atoms with van der Waals surface area (Å²) in [5, 5.41) is 29.9. The summed E-state index contributed by atoms with van der Waals surface area (Å²) in [6.07, 6.45) is 0. The van der Waals surface area contributed by atoms with Crippen LogP contribution in [-0.2, 0) is 156 Å². The van der Waals surface area contributed by atoms with Gasteiger partial charge in [-0.05, 0) is 258 Å². The zero-order valence-electron chi connectivity index (χ0n) is 91.4. The molecule has 0 spiro atoms. The molecule has 788 valence electrons. The molecule has 0 radical (unpaired) electrons. The minimum Gasteiger partial charge on any atom is -0.467 e. The monoisotopic (exact) mass is 1980 g/mol. The van der Waals surface area contributed by atoms with Crippen LogP contribution in [0.3, 0.4) is 0 Å². The Balaban J connectivity index is 0.000000490. The molecular formula is C102H168N3O32S+. The van der Waals surface area contributed by atoms with Crippen LogP contribution in [0.15, 0.2) is 60.7 Å². The summed E-state index contributed by atoms with van der Waals surface area (Å²) in [6.45, 7) is 61.0. The predicted octanol–water partition coefficient (Wildman–Crippen LogP) is 13.4. The van der Waals surface area contributed by atoms with Crippen molar-refractivity contribution in [3.63, 3.8) is 0 Å². The summed E-state index contributed by atoms with van der Waals surface area (Å²) < 4.78 is 142. The second-order valence-electron chi connectivity index (χ2n) is 48.6. The van der Waals surface area contributed by atoms with Crippen LogP contribution >= 0.6 is 0 Å². The topological polar surface area (TPSA) is 436 Å². The van der Waals surface area contributed by atoms with Gasteiger partial charge in [0.25, 0.3) is 0 Å². The molecule has 8 unspecified atom stereocenters. The van der Waals surface area contributed by atoms with E-state index in [0.29, 0.717) is 0 Å². The highest BCUT2D eigenvalue weighted by atomic mass is 32.3. The number of hydrogen-bond acceptors (Lipinski definition) is 32. The lowest BCUT2D eigenvalue weighted by Gasteiger charge is -2.70. The normalized spacial score (nSPS) is 35.8. The predicted molar refractivity (Wildman–Crippen MR) is 510 cm³/mol. The van der Waals surface area contributed by atoms with Gasteiger partial charge in [0.1, 0.15) is 27.9 Å². The summed E-state index contributed by atoms with van der Waals surface area (Å²) in [7, 11) is 2.08. The minimum absolute atomic E-state index is 0.00699. The number of carbonyl (C=O) groups is 10. The number of nitrogens with zero attached hydrogens (tertiary/aromatic N) is 1. The summed E-state index contributed by atoms with van der Waals surface area (Å²) >= 11 is 0. The van der Waals surface area contributed by atoms with E-state index in [9.17, 15) is 66.6 Å². The van der Waals surface area contributed by atoms with Gasteiger partial charge < -0.3 is 96.6 Å². The van der Waals surface area contributed by atoms with Gasteiger partial charge in [0.15, 0.2) is 45.2 Å². The number of esters is 8. The molecule has 0 aliphatic carbocycles. The van der Waals surface area contributed by atoms with Crippen molar-refractivity contribution in [2.45, 2.75) is 393 Å². The summed E-state index contributed by atoms with van der Waals surface area (Å²) in [5.74, 6) is -11.4. The number of ether oxygens (including phenoxy) is 16. The van der Waals surface area contributed by atoms with Crippen molar-refractivity contribution in [3.8, 4) is 0 Å². The van der Waals surface area contributed by atoms with Crippen LogP contribution in [-0.4, -0.2) is 253 Å². The molecule has 4 heterocycles. The lowest BCUT2D eigenvalue weighted by molar-refractivity contribution is -1.03. The Kier molecular flexibility index (Phi) is 34.1. The number of benzene rings is 2. The fourth-order valence-corrected chi connectivity index (χ4v) is 19.6. The van der Waals surface area contributed by atoms with Crippen LogP contribution in [0, 0.1) is 48.7 Å². The van der Waals surface area contributed by atoms with Gasteiger partial charge in [-0.1, -0.05) is 88.4 Å². The van der Waals surface area contributed by atoms with E-state index in [1.54, 1.807) is 166 Å². The highest BCUT2D eigenvalue weighted by molar-refractivity contribution is 7.81. The van der Waals surface area contributed by atoms with Crippen molar-refractivity contribution in [2.75, 3.05) is 75.0 Å². The van der Waals surface area contributed by atoms with E-state index in [1.807, 2.05) is 81.4 Å². The van der Waals surface area contributed by atoms with Crippen LogP contribution in [0.1, 0.15) is 295 Å². The Bertz CT molecular complexity index is 4920. The van der Waals surface area contributed by atoms with Gasteiger partial charge in [-0.15, -0.1) is 0 Å². The van der Waals surface area contributed by atoms with Crippen molar-refractivity contribution < 1.29 is 155 Å². The molecule has 4 aliphatic rings. The third-order valence-corrected chi connectivity index (χ3v) is 31.8. The molecule has 4 aliphatic heterocycles. The fourth-order valence-electron chi connectivity index (χ4n) is 18.6. The van der Waals surface area contributed by atoms with E-state index >= 15 is 0 Å². The molecule has 2 aromatic carbocycles. The van der Waals surface area contributed by atoms with Crippen molar-refractivity contribution in [2.24, 2.45) is 48.7 Å². The maximum absolute atomic E-state index is 14.6. The third kappa shape index (κ3) is 21.4. The van der Waals surface area contributed by atoms with Gasteiger partial charge in [-0.3, -0.25) is 38.4 Å². The van der Waals surface area contributed by atoms with Gasteiger partial charge in [-0.25, -0.2) is 13.8 Å². The van der Waals surface area contributed by atoms with E-state index < -0.39 is 252 Å². The molecule has 4 N–H and O–H groups in total. The SMILES string of the molecule is COC(=O)C1(C)OC(C)(COC[C@]2(C)C(C)(C)C(C)(COS(=O)(=O)O[N+](C)(C)C)OC(C)(OCc3ccccc3)[C@@]2(C)NC(C)=O)[C@@](C)(OC(=O)C(C)(C)C)[C@](C)(OC(=O)C(C)(C)C)[C@]1(C)OC(=O)C(C)(C)C.COC(=O)C1(C)OC(C)(COC[C@]2(C)[C@](C)(O)C(C)(CO)OC(C)(OCc3ccccc3)[C@@]2(C)NC(C)=O)[C@@](C)(OC(=O)C(C)(C)C)[C@](C)(OC(=O)C(C)(C)C)[C@]1(C)OC(=O)C(C)(C)C. The number of methoxy groups -OCH3 is 2. The average Bonchev–Trinajstić information content (AvgIpc) is 0.669. The van der Waals surface area contributed by atoms with Gasteiger partial charge >= 0.3 is 58.2 Å². The number of quaternary nitrogens is 1. The molecule has 138 heavy (non-hydrogen) atoms. The lowest BCUT2D eigenvalue weighted by Crippen LogP contribution is -2.88. The first kappa shape index (κ1) is 121. The largest absolute Gasteiger partial charge is 0.467 e. The van der Waals surface area contributed by atoms with Crippen LogP contribution in [0.5, 0.6) is 0 Å². The van der Waals surface area contributed by atoms with Crippen molar-refractivity contribution >= 4 is 70.0 Å². The molecule has 2 aromatic rings. The summed E-state index contributed by atoms with van der Waals surface area (Å²) in [5.41, 5.74) is -41.1. The summed E-state index contributed by atoms with van der Waals surface area (Å²) in [4.78, 5) is 142. The Hall–Kier alpha value is -7.43. The first-order chi connectivity index (χ1) is 61.4. The molecule has 4 saturated heterocycles. The molecule has 36 heteroatoms. The number of rotatable bonds is 30. The zero-order valence-corrected chi connectivity index (χ0v) is 92.2. The number of aliphatic hydroxyl groups excluding tert-OH is 1. The highest BCUT2D eigenvalue weighted by Gasteiger charge is 2.87. The van der Waals surface area contributed by atoms with Gasteiger partial charge in [0.05, 0.1) is 137 Å². The average molecular weight is 1980 g/mol. The van der Waals surface area contributed by atoms with Crippen molar-refractivity contribution in [1.82, 2.24) is 10.6 Å². The maximum atomic E-state index is 14.6. The molecule has 0 saturated carbocycles. The standard InChI is InChI=1S/C53H88N2O17S.C49H79NO15/c1-35(56)54-49(17)45(13,44(11,12)46(14,34-66-73(61,62)72-55(22,23)24)71-53(49,21)65-31-36-29-27-26-28-30-36)32-64-33-47(15)50(18,67-37(57)41(2,3)4)52(20,69-39(59)43(8,9)10)51(19,68-38(58)42(5,6)7)48(16,70-47)40(60)63-25;1-31(52)50-44(15)40(11,45(16,57)41(12,28-51)65-49(44,20)60-27-32-25-23-22-24-26-32)29-59-30-42(13)46(17,61-33(53)37(2,3)4)48(19,63-35(55)39(8,9)10)47(18,62-34(54)38(5,6)7)43(14,64-42)36(56)58-21/h26-30H,31-34H2,1-25H3;22-26,51,57H,27-30H2,1-21H3,(H,50,52)/p+1/t45-,46?,47?,48?,49+,50-,51-,52+,53?;40-,41?,42?,43?,44-,45-,46+,47+,48-,49?/m10/s1. The summed E-state index contributed by atoms with van der Waals surface area (Å²) in [6, 6.07) is 18.5. The van der Waals surface area contributed by atoms with Gasteiger partial charge in [0.2, 0.25) is 23.0 Å². The first-order valence-electron chi connectivity index (χ1n) is 46.7. The van der Waals surface area contributed by atoms with Crippen LogP contribution in [0.4, 0.5) is 0 Å². The maximum Gasteiger partial charge on any atom is 0.444 e. The number of aliphatic hydroxyl groups is 2. The van der Waals surface area contributed by atoms with E-state index in [-0.39, 0.29) is 19.8 Å². The molecular weight excluding hydrogens is 1810 g/mol. The van der Waals surface area contributed by atoms with E-state index in [4.69, 9.17) is 84.3 Å². The zero-order chi connectivity index (χ0) is 108. The van der Waals surface area contributed by atoms with Crippen LogP contribution in [0.25, 0.3) is 0 Å². The van der Waals surface area contributed by atoms with Crippen molar-refractivity contribution in [3.05, 3.63) is 71.8 Å². The van der Waals surface area contributed by atoms with Crippen LogP contribution < -0.4 is 10.6 Å². The number of carbonyl (C=O) groups excluding carboxylic acids is 10. The number of hydroxylamine groups is 3. The molecule has 4 fully saturated rings. The molecule has 0 aromatic heterocycles. The van der Waals surface area contributed by atoms with E-state index in [2.05, 4.69) is 10.6 Å². The fraction of sp³-hybridized carbons (Fsp3) is 0.784. The number of amides is 2. The quantitative estimate of drug-likeness (QED) is 0.0244. The third-order valence-electron chi connectivity index (χ3n) is 30.8. The number of nitrogens with one attached hydrogen (secondary N) is 2. The molecule has 0 bridgehead atoms. The molecule has 6 rings (SSSR count). The Labute approximate surface area is 820 Å². The van der Waals surface area contributed by atoms with E-state index in [0.717, 1.165) is 25.3 Å². The lowest BCUT2D eigenvalue weighted by atomic mass is 9.47. The van der Waals surface area contributed by atoms with Crippen molar-refractivity contribution in [1.29, 1.82) is 0 Å². The number of hydrogen-bond donors (Lipinski definition) is 4. The molecule has 2 amide bonds. The smallest absolute Gasteiger partial charge is 0.444 e. The van der Waals surface area contributed by atoms with E-state index in [1.165, 1.54) is 118 Å². The van der Waals surface area contributed by atoms with Gasteiger partial charge in [-0.2, -0.15) is 13.1 Å². The first-order valence-corrected chi connectivity index (χ1v) is 48.0. The molecule has 19 atom stereocenters. The minimum atomic E-state index is -4.67. The Morgan fingerprint density at radius 1 is 0.370 bits per heavy atom. The van der Waals surface area contributed by atoms with Crippen LogP contribution in [0.2, 0.25) is 0 Å².